The molecule has 4 aromatic carbocycles. The van der Waals surface area contributed by atoms with Crippen molar-refractivity contribution < 1.29 is 9.31 Å². The van der Waals surface area contributed by atoms with Gasteiger partial charge in [-0.25, -0.2) is 0 Å². The predicted octanol–water partition coefficient (Wildman–Crippen LogP) is 7.11. The highest BCUT2D eigenvalue weighted by Crippen LogP contribution is 2.49. The van der Waals surface area contributed by atoms with Crippen LogP contribution in [0.5, 0.6) is 0 Å². The highest BCUT2D eigenvalue weighted by Gasteiger charge is 2.52. The number of rotatable bonds is 2. The van der Waals surface area contributed by atoms with Crippen molar-refractivity contribution in [2.45, 2.75) is 58.2 Å². The molecule has 2 nitrogen and oxygen atoms in total. The van der Waals surface area contributed by atoms with Gasteiger partial charge in [-0.1, -0.05) is 86.6 Å². The molecule has 0 bridgehead atoms. The van der Waals surface area contributed by atoms with Crippen LogP contribution in [-0.2, 0) is 14.7 Å². The smallest absolute Gasteiger partial charge is 0.399 e. The van der Waals surface area contributed by atoms with E-state index in [1.54, 1.807) is 0 Å². The van der Waals surface area contributed by atoms with Gasteiger partial charge in [-0.15, -0.1) is 0 Å². The van der Waals surface area contributed by atoms with E-state index in [-0.39, 0.29) is 23.7 Å². The first-order chi connectivity index (χ1) is 16.1. The molecule has 0 spiro atoms. The van der Waals surface area contributed by atoms with Crippen molar-refractivity contribution in [3.8, 4) is 22.3 Å². The minimum Gasteiger partial charge on any atom is -0.399 e. The van der Waals surface area contributed by atoms with Crippen LogP contribution < -0.4 is 5.46 Å². The fourth-order valence-corrected chi connectivity index (χ4v) is 5.63. The largest absolute Gasteiger partial charge is 0.495 e. The molecule has 0 aromatic heterocycles. The molecule has 0 atom stereocenters. The second kappa shape index (κ2) is 7.07. The molecule has 1 aliphatic carbocycles. The van der Waals surface area contributed by atoms with Gasteiger partial charge in [0.1, 0.15) is 0 Å². The normalized spacial score (nSPS) is 19.3. The van der Waals surface area contributed by atoms with E-state index < -0.39 is 0 Å². The van der Waals surface area contributed by atoms with Crippen molar-refractivity contribution in [2.75, 3.05) is 0 Å². The minimum atomic E-state index is -0.377. The molecule has 3 heteroatoms. The van der Waals surface area contributed by atoms with Gasteiger partial charge in [-0.2, -0.15) is 0 Å². The second-order valence-electron chi connectivity index (χ2n) is 11.3. The van der Waals surface area contributed by atoms with Gasteiger partial charge in [0, 0.05) is 5.41 Å². The van der Waals surface area contributed by atoms with Gasteiger partial charge >= 0.3 is 7.12 Å². The summed E-state index contributed by atoms with van der Waals surface area (Å²) in [6.07, 6.45) is 0. The van der Waals surface area contributed by atoms with Crippen molar-refractivity contribution in [1.29, 1.82) is 0 Å². The predicted molar refractivity (Wildman–Crippen MR) is 143 cm³/mol. The summed E-state index contributed by atoms with van der Waals surface area (Å²) in [4.78, 5) is 0. The monoisotopic (exact) mass is 446 g/mol. The Bertz CT molecular complexity index is 1430. The van der Waals surface area contributed by atoms with Crippen LogP contribution in [0.3, 0.4) is 0 Å². The summed E-state index contributed by atoms with van der Waals surface area (Å²) >= 11 is 0. The quantitative estimate of drug-likeness (QED) is 0.306. The van der Waals surface area contributed by atoms with E-state index in [9.17, 15) is 0 Å². The maximum Gasteiger partial charge on any atom is 0.495 e. The highest BCUT2D eigenvalue weighted by atomic mass is 16.7. The van der Waals surface area contributed by atoms with Gasteiger partial charge in [0.15, 0.2) is 0 Å². The average molecular weight is 446 g/mol. The van der Waals surface area contributed by atoms with E-state index in [1.165, 1.54) is 44.2 Å². The fourth-order valence-electron chi connectivity index (χ4n) is 5.63. The molecule has 34 heavy (non-hydrogen) atoms. The van der Waals surface area contributed by atoms with E-state index in [0.29, 0.717) is 0 Å². The molecular formula is C31H31BO2. The third-order valence-corrected chi connectivity index (χ3v) is 8.36. The summed E-state index contributed by atoms with van der Waals surface area (Å²) < 4.78 is 12.8. The standard InChI is InChI=1S/C31H31BO2/c1-29(2)26-15-8-7-11-23(26)24-18-17-20(19-27(24)29)21-12-9-14-25-22(21)13-10-16-28(25)32-33-30(3,4)31(5,6)34-32/h7-19H,1-6H3. The molecule has 1 aliphatic heterocycles. The van der Waals surface area contributed by atoms with E-state index in [2.05, 4.69) is 120 Å². The van der Waals surface area contributed by atoms with E-state index in [0.717, 1.165) is 5.46 Å². The number of hydrogen-bond donors (Lipinski definition) is 0. The van der Waals surface area contributed by atoms with Crippen molar-refractivity contribution in [1.82, 2.24) is 0 Å². The number of fused-ring (bicyclic) bond motifs is 4. The van der Waals surface area contributed by atoms with Gasteiger partial charge in [0.25, 0.3) is 0 Å². The van der Waals surface area contributed by atoms with E-state index in [4.69, 9.17) is 9.31 Å². The van der Waals surface area contributed by atoms with Crippen LogP contribution in [-0.4, -0.2) is 18.3 Å². The first-order valence-electron chi connectivity index (χ1n) is 12.2. The first-order valence-corrected chi connectivity index (χ1v) is 12.2. The van der Waals surface area contributed by atoms with Gasteiger partial charge in [-0.05, 0) is 83.4 Å². The Morgan fingerprint density at radius 1 is 0.559 bits per heavy atom. The van der Waals surface area contributed by atoms with Crippen molar-refractivity contribution in [3.05, 3.63) is 90.0 Å². The lowest BCUT2D eigenvalue weighted by Gasteiger charge is -2.32. The summed E-state index contributed by atoms with van der Waals surface area (Å²) in [6.45, 7) is 13.1. The van der Waals surface area contributed by atoms with Gasteiger partial charge in [0.2, 0.25) is 0 Å². The Hall–Kier alpha value is -2.88. The zero-order valence-corrected chi connectivity index (χ0v) is 20.9. The fraction of sp³-hybridized carbons (Fsp3) is 0.290. The maximum atomic E-state index is 6.41. The summed E-state index contributed by atoms with van der Waals surface area (Å²) in [5.74, 6) is 0. The zero-order valence-electron chi connectivity index (χ0n) is 20.9. The molecule has 1 fully saturated rings. The first kappa shape index (κ1) is 21.6. The Kier molecular flexibility index (Phi) is 4.50. The third-order valence-electron chi connectivity index (χ3n) is 8.36. The Balaban J connectivity index is 1.48. The molecule has 170 valence electrons. The lowest BCUT2D eigenvalue weighted by Crippen LogP contribution is -2.41. The lowest BCUT2D eigenvalue weighted by atomic mass is 9.75. The molecule has 4 aromatic rings. The summed E-state index contributed by atoms with van der Waals surface area (Å²) in [6, 6.07) is 28.8. The van der Waals surface area contributed by atoms with Gasteiger partial charge in [0.05, 0.1) is 11.2 Å². The molecular weight excluding hydrogens is 415 g/mol. The van der Waals surface area contributed by atoms with Gasteiger partial charge in [-0.3, -0.25) is 0 Å². The van der Waals surface area contributed by atoms with E-state index >= 15 is 0 Å². The zero-order chi connectivity index (χ0) is 23.9. The SMILES string of the molecule is CC1(C)c2ccccc2-c2ccc(-c3cccc4c(B5OC(C)(C)C(C)(C)O5)cccc34)cc21. The Morgan fingerprint density at radius 3 is 1.94 bits per heavy atom. The topological polar surface area (TPSA) is 18.5 Å². The molecule has 0 N–H and O–H groups in total. The Morgan fingerprint density at radius 2 is 1.18 bits per heavy atom. The van der Waals surface area contributed by atoms with E-state index in [1.807, 2.05) is 0 Å². The highest BCUT2D eigenvalue weighted by molar-refractivity contribution is 6.65. The summed E-state index contributed by atoms with van der Waals surface area (Å²) in [7, 11) is -0.377. The molecule has 0 unspecified atom stereocenters. The third kappa shape index (κ3) is 2.97. The van der Waals surface area contributed by atoms with Crippen LogP contribution in [0.2, 0.25) is 0 Å². The number of hydrogen-bond acceptors (Lipinski definition) is 2. The van der Waals surface area contributed by atoms with Gasteiger partial charge < -0.3 is 9.31 Å². The van der Waals surface area contributed by atoms with Crippen molar-refractivity contribution in [2.24, 2.45) is 0 Å². The number of benzene rings is 4. The maximum absolute atomic E-state index is 6.41. The summed E-state index contributed by atoms with van der Waals surface area (Å²) in [5, 5.41) is 2.41. The van der Waals surface area contributed by atoms with Crippen LogP contribution in [0.1, 0.15) is 52.7 Å². The average Bonchev–Trinajstić information content (AvgIpc) is 3.18. The van der Waals surface area contributed by atoms with Crippen LogP contribution >= 0.6 is 0 Å². The second-order valence-corrected chi connectivity index (χ2v) is 11.3. The van der Waals surface area contributed by atoms with Crippen LogP contribution in [0.4, 0.5) is 0 Å². The van der Waals surface area contributed by atoms with Crippen molar-refractivity contribution >= 4 is 23.4 Å². The summed E-state index contributed by atoms with van der Waals surface area (Å²) in [5.41, 5.74) is 8.34. The molecule has 1 heterocycles. The lowest BCUT2D eigenvalue weighted by molar-refractivity contribution is 0.00578. The minimum absolute atomic E-state index is 0.0135. The Labute approximate surface area is 203 Å². The van der Waals surface area contributed by atoms with Crippen LogP contribution in [0.25, 0.3) is 33.0 Å². The molecule has 0 saturated carbocycles. The van der Waals surface area contributed by atoms with Crippen molar-refractivity contribution in [3.63, 3.8) is 0 Å². The molecule has 0 amide bonds. The molecule has 2 aliphatic rings. The molecule has 0 radical (unpaired) electrons. The van der Waals surface area contributed by atoms with Crippen LogP contribution in [0, 0.1) is 0 Å². The molecule has 6 rings (SSSR count). The van der Waals surface area contributed by atoms with Crippen LogP contribution in [0.15, 0.2) is 78.9 Å². The molecule has 1 saturated heterocycles.